The van der Waals surface area contributed by atoms with Crippen molar-refractivity contribution in [2.45, 2.75) is 90.8 Å². The number of aromatic nitrogens is 1. The Labute approximate surface area is 226 Å². The molecule has 7 nitrogen and oxygen atoms in total. The van der Waals surface area contributed by atoms with Crippen LogP contribution in [0, 0.1) is 39.9 Å². The van der Waals surface area contributed by atoms with Gasteiger partial charge in [-0.2, -0.15) is 5.26 Å². The maximum Gasteiger partial charge on any atom is 0.185 e. The van der Waals surface area contributed by atoms with E-state index in [1.54, 1.807) is 37.5 Å². The van der Waals surface area contributed by atoms with Gasteiger partial charge in [0.15, 0.2) is 23.5 Å². The van der Waals surface area contributed by atoms with Gasteiger partial charge in [-0.1, -0.05) is 33.3 Å². The number of ether oxygens (including phenoxy) is 2. The molecule has 3 fully saturated rings. The molecule has 0 amide bonds. The Bertz CT molecular complexity index is 1080. The fraction of sp³-hybridized carbons (Fsp3) is 0.613. The van der Waals surface area contributed by atoms with Crippen molar-refractivity contribution in [3.8, 4) is 6.07 Å². The lowest BCUT2D eigenvalue weighted by molar-refractivity contribution is -0.213. The number of aliphatic hydroxyl groups is 1. The first-order valence-electron chi connectivity index (χ1n) is 13.5. The summed E-state index contributed by atoms with van der Waals surface area (Å²) in [4.78, 5) is 29.6. The van der Waals surface area contributed by atoms with Gasteiger partial charge in [-0.15, -0.1) is 13.2 Å². The first-order valence-corrected chi connectivity index (χ1v) is 13.5. The fourth-order valence-electron chi connectivity index (χ4n) is 7.71. The zero-order chi connectivity index (χ0) is 28.3. The SMILES string of the molecule is C=C.CC(=O)/C=C\C1(C)CCCC2[C@@H]1C(O)C[C@](C)([C@]1(C(=O)CC#N)OC(c3ccncc3)O[C@@H]1C)[C@H]2C. The van der Waals surface area contributed by atoms with Crippen LogP contribution < -0.4 is 0 Å². The average Bonchev–Trinajstić information content (AvgIpc) is 3.26. The number of hydrogen-bond donors (Lipinski definition) is 1. The van der Waals surface area contributed by atoms with Gasteiger partial charge in [-0.05, 0) is 74.5 Å². The zero-order valence-corrected chi connectivity index (χ0v) is 23.4. The van der Waals surface area contributed by atoms with Gasteiger partial charge in [0.25, 0.3) is 0 Å². The van der Waals surface area contributed by atoms with Gasteiger partial charge in [-0.25, -0.2) is 0 Å². The largest absolute Gasteiger partial charge is 0.393 e. The van der Waals surface area contributed by atoms with Gasteiger partial charge < -0.3 is 14.6 Å². The first-order chi connectivity index (χ1) is 18.0. The highest BCUT2D eigenvalue weighted by atomic mass is 16.7. The highest BCUT2D eigenvalue weighted by Crippen LogP contribution is 2.64. The van der Waals surface area contributed by atoms with Gasteiger partial charge in [0.1, 0.15) is 0 Å². The fourth-order valence-corrected chi connectivity index (χ4v) is 7.71. The van der Waals surface area contributed by atoms with Crippen LogP contribution in [-0.4, -0.2) is 39.5 Å². The van der Waals surface area contributed by atoms with Crippen LogP contribution in [0.4, 0.5) is 0 Å². The minimum absolute atomic E-state index is 0.00105. The molecule has 4 unspecified atom stereocenters. The summed E-state index contributed by atoms with van der Waals surface area (Å²) < 4.78 is 12.9. The lowest BCUT2D eigenvalue weighted by Crippen LogP contribution is -2.67. The second-order valence-electron chi connectivity index (χ2n) is 11.5. The van der Waals surface area contributed by atoms with Gasteiger partial charge in [0, 0.05) is 23.4 Å². The second-order valence-corrected chi connectivity index (χ2v) is 11.5. The standard InChI is InChI=1S/C29H38N2O5.C2H4/c1-18(32)8-13-27(4)12-6-7-22-19(2)28(5,17-23(33)25(22)27)29(24(34)9-14-30)20(3)35-26(36-29)21-10-15-31-16-11-21;1-2/h8,10-11,13,15-16,19-20,22-23,25-26,33H,6-7,9,12,17H2,1-5H3;1-2H2/b13-8-;/t19-,20+,22?,23?,25+,26?,27?,28-,29-;/m0./s1. The molecule has 1 aliphatic heterocycles. The number of carbonyl (C=O) groups excluding carboxylic acids is 2. The number of fused-ring (bicyclic) bond motifs is 1. The van der Waals surface area contributed by atoms with Crippen LogP contribution >= 0.6 is 0 Å². The van der Waals surface area contributed by atoms with Gasteiger partial charge in [0.05, 0.1) is 24.7 Å². The molecule has 4 rings (SSSR count). The van der Waals surface area contributed by atoms with E-state index in [4.69, 9.17) is 9.47 Å². The summed E-state index contributed by atoms with van der Waals surface area (Å²) in [6, 6.07) is 5.62. The number of allylic oxidation sites excluding steroid dienone is 2. The number of nitriles is 1. The minimum Gasteiger partial charge on any atom is -0.393 e. The molecule has 2 heterocycles. The Balaban J connectivity index is 0.00000195. The molecular formula is C31H42N2O5. The third kappa shape index (κ3) is 4.90. The molecule has 3 aliphatic rings. The number of hydrogen-bond acceptors (Lipinski definition) is 7. The van der Waals surface area contributed by atoms with Gasteiger partial charge in [0.2, 0.25) is 0 Å². The van der Waals surface area contributed by atoms with Crippen molar-refractivity contribution in [1.29, 1.82) is 5.26 Å². The van der Waals surface area contributed by atoms with E-state index in [0.717, 1.165) is 24.8 Å². The normalized spacial score (nSPS) is 40.4. The Morgan fingerprint density at radius 2 is 1.92 bits per heavy atom. The van der Waals surface area contributed by atoms with Crippen LogP contribution in [-0.2, 0) is 19.1 Å². The predicted molar refractivity (Wildman–Crippen MR) is 144 cm³/mol. The smallest absolute Gasteiger partial charge is 0.185 e. The molecule has 1 aromatic rings. The topological polar surface area (TPSA) is 110 Å². The van der Waals surface area contributed by atoms with Crippen LogP contribution in [0.25, 0.3) is 0 Å². The third-order valence-corrected chi connectivity index (χ3v) is 9.54. The summed E-state index contributed by atoms with van der Waals surface area (Å²) in [5, 5.41) is 21.2. The number of Topliss-reactive ketones (excluding diaryl/α,β-unsaturated/α-hetero) is 1. The maximum absolute atomic E-state index is 13.8. The van der Waals surface area contributed by atoms with Crippen molar-refractivity contribution >= 4 is 11.6 Å². The Morgan fingerprint density at radius 3 is 2.53 bits per heavy atom. The number of nitrogens with zero attached hydrogens (tertiary/aromatic N) is 2. The molecule has 38 heavy (non-hydrogen) atoms. The van der Waals surface area contributed by atoms with Crippen molar-refractivity contribution in [3.05, 3.63) is 55.4 Å². The molecule has 0 aromatic carbocycles. The van der Waals surface area contributed by atoms with Crippen molar-refractivity contribution < 1.29 is 24.2 Å². The lowest BCUT2D eigenvalue weighted by atomic mass is 9.45. The first kappa shape index (κ1) is 29.9. The molecule has 1 N–H and O–H groups in total. The van der Waals surface area contributed by atoms with Gasteiger partial charge >= 0.3 is 0 Å². The monoisotopic (exact) mass is 522 g/mol. The predicted octanol–water partition coefficient (Wildman–Crippen LogP) is 5.51. The second kappa shape index (κ2) is 11.6. The molecular weight excluding hydrogens is 480 g/mol. The molecule has 2 saturated carbocycles. The lowest BCUT2D eigenvalue weighted by Gasteiger charge is -2.61. The Hall–Kier alpha value is -2.66. The van der Waals surface area contributed by atoms with Crippen molar-refractivity contribution in [1.82, 2.24) is 4.98 Å². The van der Waals surface area contributed by atoms with Crippen LogP contribution in [0.2, 0.25) is 0 Å². The molecule has 1 aromatic heterocycles. The summed E-state index contributed by atoms with van der Waals surface area (Å²) in [5.41, 5.74) is -1.71. The summed E-state index contributed by atoms with van der Waals surface area (Å²) in [6.45, 7) is 15.7. The number of pyridine rings is 1. The van der Waals surface area contributed by atoms with E-state index in [1.807, 2.05) is 26.0 Å². The zero-order valence-electron chi connectivity index (χ0n) is 23.4. The molecule has 0 spiro atoms. The summed E-state index contributed by atoms with van der Waals surface area (Å²) >= 11 is 0. The van der Waals surface area contributed by atoms with E-state index in [1.165, 1.54) is 0 Å². The Morgan fingerprint density at radius 1 is 1.26 bits per heavy atom. The van der Waals surface area contributed by atoms with E-state index < -0.39 is 29.5 Å². The summed E-state index contributed by atoms with van der Waals surface area (Å²) in [7, 11) is 0. The third-order valence-electron chi connectivity index (χ3n) is 9.54. The maximum atomic E-state index is 13.8. The van der Waals surface area contributed by atoms with Crippen LogP contribution in [0.5, 0.6) is 0 Å². The number of carbonyl (C=O) groups is 2. The van der Waals surface area contributed by atoms with E-state index in [9.17, 15) is 20.0 Å². The number of rotatable bonds is 6. The molecule has 7 heteroatoms. The highest BCUT2D eigenvalue weighted by Gasteiger charge is 2.69. The Kier molecular flexibility index (Phi) is 9.13. The van der Waals surface area contributed by atoms with Crippen LogP contribution in [0.3, 0.4) is 0 Å². The number of ketones is 2. The summed E-state index contributed by atoms with van der Waals surface area (Å²) in [6.07, 6.45) is 7.69. The van der Waals surface area contributed by atoms with Crippen molar-refractivity contribution in [2.75, 3.05) is 0 Å². The van der Waals surface area contributed by atoms with Crippen molar-refractivity contribution in [2.24, 2.45) is 28.6 Å². The van der Waals surface area contributed by atoms with E-state index in [-0.39, 0.29) is 41.2 Å². The highest BCUT2D eigenvalue weighted by molar-refractivity contribution is 5.91. The molecule has 9 atom stereocenters. The number of aliphatic hydroxyl groups excluding tert-OH is 1. The average molecular weight is 523 g/mol. The molecule has 1 saturated heterocycles. The van der Waals surface area contributed by atoms with E-state index >= 15 is 0 Å². The van der Waals surface area contributed by atoms with Gasteiger partial charge in [-0.3, -0.25) is 14.6 Å². The van der Waals surface area contributed by atoms with E-state index in [0.29, 0.717) is 6.42 Å². The molecule has 0 bridgehead atoms. The van der Waals surface area contributed by atoms with E-state index in [2.05, 4.69) is 32.0 Å². The molecule has 0 radical (unpaired) electrons. The van der Waals surface area contributed by atoms with Crippen molar-refractivity contribution in [3.63, 3.8) is 0 Å². The van der Waals surface area contributed by atoms with Crippen LogP contribution in [0.15, 0.2) is 49.8 Å². The van der Waals surface area contributed by atoms with Crippen LogP contribution in [0.1, 0.15) is 78.6 Å². The quantitative estimate of drug-likeness (QED) is 0.387. The summed E-state index contributed by atoms with van der Waals surface area (Å²) in [5.74, 6) is -0.224. The molecule has 206 valence electrons. The molecule has 2 aliphatic carbocycles. The minimum atomic E-state index is -1.38.